The van der Waals surface area contributed by atoms with Crippen LogP contribution in [0.4, 0.5) is 36.3 Å². The molecule has 1 unspecified atom stereocenters. The normalized spacial score (nSPS) is 12.2. The molecule has 0 fully saturated rings. The number of anilines is 4. The molecule has 3 aromatic rings. The first kappa shape index (κ1) is 26.1. The van der Waals surface area contributed by atoms with Gasteiger partial charge in [0, 0.05) is 23.6 Å². The number of unbranched alkanes of at least 4 members (excludes halogenated alkanes) is 2. The Balaban J connectivity index is 1.76. The molecule has 0 aliphatic heterocycles. The number of benzene rings is 2. The highest BCUT2D eigenvalue weighted by Crippen LogP contribution is 2.36. The van der Waals surface area contributed by atoms with Gasteiger partial charge in [-0.15, -0.1) is 0 Å². The van der Waals surface area contributed by atoms with Crippen molar-refractivity contribution < 1.29 is 22.6 Å². The van der Waals surface area contributed by atoms with Gasteiger partial charge in [-0.1, -0.05) is 32.8 Å². The van der Waals surface area contributed by atoms with Crippen molar-refractivity contribution in [3.63, 3.8) is 0 Å². The Labute approximate surface area is 203 Å². The van der Waals surface area contributed by atoms with Crippen LogP contribution in [0.2, 0.25) is 0 Å². The summed E-state index contributed by atoms with van der Waals surface area (Å²) >= 11 is 0. The Morgan fingerprint density at radius 1 is 0.943 bits per heavy atom. The fraction of sp³-hybridized carbons (Fsp3) is 0.385. The fourth-order valence-corrected chi connectivity index (χ4v) is 3.15. The second-order valence-electron chi connectivity index (χ2n) is 8.15. The lowest BCUT2D eigenvalue weighted by atomic mass is 10.2. The predicted molar refractivity (Wildman–Crippen MR) is 132 cm³/mol. The number of alkyl halides is 3. The monoisotopic (exact) mass is 488 g/mol. The largest absolute Gasteiger partial charge is 0.494 e. The number of nitrogens with one attached hydrogen (secondary N) is 2. The highest BCUT2D eigenvalue weighted by molar-refractivity contribution is 5.64. The predicted octanol–water partition coefficient (Wildman–Crippen LogP) is 7.73. The third kappa shape index (κ3) is 8.05. The van der Waals surface area contributed by atoms with Crippen molar-refractivity contribution in [2.24, 2.45) is 0 Å². The van der Waals surface area contributed by atoms with E-state index < -0.39 is 11.7 Å². The third-order valence-electron chi connectivity index (χ3n) is 5.23. The van der Waals surface area contributed by atoms with Crippen LogP contribution in [0.1, 0.15) is 52.0 Å². The SMILES string of the molecule is CCCCCOc1ccc(Nc2ncc(C(F)(F)F)c(Nc3cccc(OC(C)CC)c3)n2)cc1. The third-order valence-corrected chi connectivity index (χ3v) is 5.23. The summed E-state index contributed by atoms with van der Waals surface area (Å²) in [4.78, 5) is 7.97. The Hall–Kier alpha value is -3.49. The zero-order valence-corrected chi connectivity index (χ0v) is 20.2. The average Bonchev–Trinajstić information content (AvgIpc) is 2.82. The van der Waals surface area contributed by atoms with E-state index in [1.54, 1.807) is 48.5 Å². The molecule has 9 heteroatoms. The van der Waals surface area contributed by atoms with Crippen LogP contribution in [0.15, 0.2) is 54.7 Å². The molecule has 1 heterocycles. The number of aromatic nitrogens is 2. The molecule has 0 aliphatic rings. The van der Waals surface area contributed by atoms with Crippen LogP contribution < -0.4 is 20.1 Å². The number of ether oxygens (including phenoxy) is 2. The van der Waals surface area contributed by atoms with Crippen molar-refractivity contribution in [3.05, 3.63) is 60.3 Å². The molecule has 2 N–H and O–H groups in total. The second kappa shape index (κ2) is 12.3. The lowest BCUT2D eigenvalue weighted by Crippen LogP contribution is -2.13. The molecule has 188 valence electrons. The van der Waals surface area contributed by atoms with Gasteiger partial charge in [0.15, 0.2) is 0 Å². The molecule has 1 atom stereocenters. The molecule has 0 bridgehead atoms. The van der Waals surface area contributed by atoms with Gasteiger partial charge in [-0.05, 0) is 56.2 Å². The molecule has 0 spiro atoms. The van der Waals surface area contributed by atoms with Gasteiger partial charge in [-0.3, -0.25) is 0 Å². The van der Waals surface area contributed by atoms with E-state index in [9.17, 15) is 13.2 Å². The van der Waals surface area contributed by atoms with Gasteiger partial charge in [0.2, 0.25) is 5.95 Å². The highest BCUT2D eigenvalue weighted by Gasteiger charge is 2.35. The zero-order valence-electron chi connectivity index (χ0n) is 20.2. The maximum atomic E-state index is 13.6. The fourth-order valence-electron chi connectivity index (χ4n) is 3.15. The summed E-state index contributed by atoms with van der Waals surface area (Å²) in [5, 5.41) is 5.72. The van der Waals surface area contributed by atoms with Crippen LogP contribution in [0.5, 0.6) is 11.5 Å². The van der Waals surface area contributed by atoms with Gasteiger partial charge in [0.05, 0.1) is 12.7 Å². The van der Waals surface area contributed by atoms with Crippen LogP contribution in [0.3, 0.4) is 0 Å². The number of halogens is 3. The van der Waals surface area contributed by atoms with E-state index in [0.29, 0.717) is 23.7 Å². The van der Waals surface area contributed by atoms with Crippen molar-refractivity contribution in [1.29, 1.82) is 0 Å². The number of hydrogen-bond donors (Lipinski definition) is 2. The van der Waals surface area contributed by atoms with Gasteiger partial charge in [-0.2, -0.15) is 18.2 Å². The molecule has 0 saturated heterocycles. The molecule has 0 saturated carbocycles. The van der Waals surface area contributed by atoms with Crippen molar-refractivity contribution in [3.8, 4) is 11.5 Å². The molecule has 6 nitrogen and oxygen atoms in total. The van der Waals surface area contributed by atoms with Crippen LogP contribution >= 0.6 is 0 Å². The van der Waals surface area contributed by atoms with E-state index in [1.165, 1.54) is 0 Å². The number of rotatable bonds is 12. The van der Waals surface area contributed by atoms with E-state index in [0.717, 1.165) is 37.6 Å². The second-order valence-corrected chi connectivity index (χ2v) is 8.15. The van der Waals surface area contributed by atoms with Gasteiger partial charge >= 0.3 is 6.18 Å². The van der Waals surface area contributed by atoms with Gasteiger partial charge < -0.3 is 20.1 Å². The van der Waals surface area contributed by atoms with Gasteiger partial charge in [-0.25, -0.2) is 4.98 Å². The Kier molecular flexibility index (Phi) is 9.17. The Morgan fingerprint density at radius 3 is 2.40 bits per heavy atom. The quantitative estimate of drug-likeness (QED) is 0.254. The summed E-state index contributed by atoms with van der Waals surface area (Å²) in [5.41, 5.74) is 0.0817. The molecule has 3 rings (SSSR count). The maximum Gasteiger partial charge on any atom is 0.421 e. The average molecular weight is 489 g/mol. The summed E-state index contributed by atoms with van der Waals surface area (Å²) < 4.78 is 52.3. The Morgan fingerprint density at radius 2 is 1.71 bits per heavy atom. The first-order valence-corrected chi connectivity index (χ1v) is 11.8. The minimum Gasteiger partial charge on any atom is -0.494 e. The van der Waals surface area contributed by atoms with E-state index in [4.69, 9.17) is 9.47 Å². The molecule has 0 radical (unpaired) electrons. The van der Waals surface area contributed by atoms with Crippen molar-refractivity contribution in [1.82, 2.24) is 9.97 Å². The molecule has 0 amide bonds. The van der Waals surface area contributed by atoms with Crippen molar-refractivity contribution in [2.45, 2.75) is 58.7 Å². The van der Waals surface area contributed by atoms with Crippen LogP contribution in [-0.2, 0) is 6.18 Å². The van der Waals surface area contributed by atoms with Crippen LogP contribution in [0.25, 0.3) is 0 Å². The summed E-state index contributed by atoms with van der Waals surface area (Å²) in [6, 6.07) is 13.9. The van der Waals surface area contributed by atoms with Crippen molar-refractivity contribution >= 4 is 23.1 Å². The molecule has 35 heavy (non-hydrogen) atoms. The van der Waals surface area contributed by atoms with E-state index in [2.05, 4.69) is 27.5 Å². The maximum absolute atomic E-state index is 13.6. The minimum absolute atomic E-state index is 0.0148. The lowest BCUT2D eigenvalue weighted by Gasteiger charge is -2.16. The Bertz CT molecular complexity index is 1070. The van der Waals surface area contributed by atoms with Gasteiger partial charge in [0.1, 0.15) is 22.9 Å². The highest BCUT2D eigenvalue weighted by atomic mass is 19.4. The first-order chi connectivity index (χ1) is 16.8. The summed E-state index contributed by atoms with van der Waals surface area (Å²) in [6.07, 6.45) is 0.148. The van der Waals surface area contributed by atoms with Gasteiger partial charge in [0.25, 0.3) is 0 Å². The number of nitrogens with zero attached hydrogens (tertiary/aromatic N) is 2. The first-order valence-electron chi connectivity index (χ1n) is 11.8. The standard InChI is InChI=1S/C26H31F3N4O2/c1-4-6-7-15-34-21-13-11-19(12-14-21)32-25-30-17-23(26(27,28)29)24(33-25)31-20-9-8-10-22(16-20)35-18(3)5-2/h8-14,16-18H,4-7,15H2,1-3H3,(H2,30,31,32,33). The minimum atomic E-state index is -4.62. The lowest BCUT2D eigenvalue weighted by molar-refractivity contribution is -0.137. The van der Waals surface area contributed by atoms with Crippen LogP contribution in [0, 0.1) is 0 Å². The summed E-state index contributed by atoms with van der Waals surface area (Å²) in [6.45, 7) is 6.69. The molecular weight excluding hydrogens is 457 g/mol. The smallest absolute Gasteiger partial charge is 0.421 e. The number of hydrogen-bond acceptors (Lipinski definition) is 6. The molecule has 1 aromatic heterocycles. The topological polar surface area (TPSA) is 68.3 Å². The van der Waals surface area contributed by atoms with E-state index in [-0.39, 0.29) is 17.9 Å². The molecular formula is C26H31F3N4O2. The molecule has 2 aromatic carbocycles. The van der Waals surface area contributed by atoms with E-state index in [1.807, 2.05) is 13.8 Å². The van der Waals surface area contributed by atoms with Crippen LogP contribution in [-0.4, -0.2) is 22.7 Å². The zero-order chi connectivity index (χ0) is 25.3. The molecule has 0 aliphatic carbocycles. The summed E-state index contributed by atoms with van der Waals surface area (Å²) in [7, 11) is 0. The summed E-state index contributed by atoms with van der Waals surface area (Å²) in [5.74, 6) is 0.958. The van der Waals surface area contributed by atoms with E-state index >= 15 is 0 Å². The van der Waals surface area contributed by atoms with Crippen molar-refractivity contribution in [2.75, 3.05) is 17.2 Å².